The Labute approximate surface area is 344 Å². The van der Waals surface area contributed by atoms with Crippen LogP contribution in [-0.4, -0.2) is 9.97 Å². The van der Waals surface area contributed by atoms with E-state index in [1.165, 1.54) is 59.1 Å². The molecule has 4 heterocycles. The second kappa shape index (κ2) is 13.7. The Morgan fingerprint density at radius 2 is 1.12 bits per heavy atom. The third kappa shape index (κ3) is 5.73. The van der Waals surface area contributed by atoms with Crippen LogP contribution in [0, 0.1) is 0 Å². The Hall–Kier alpha value is -7.34. The van der Waals surface area contributed by atoms with E-state index in [2.05, 4.69) is 146 Å². The molecule has 278 valence electrons. The number of furan rings is 1. The van der Waals surface area contributed by atoms with Crippen LogP contribution in [0.25, 0.3) is 87.1 Å². The Bertz CT molecular complexity index is 3440. The van der Waals surface area contributed by atoms with E-state index in [4.69, 9.17) is 19.1 Å². The molecule has 3 aromatic heterocycles. The highest BCUT2D eigenvalue weighted by molar-refractivity contribution is 7.25. The standard InChI is InChI=1S/C54H34N2O2S/c1-2-13-33(14-3-1)54-55-51(53-52(56-54)43-20-8-11-24-47(43)58-53)39-25-27-42-44-31-35(26-28-48(44)59-49(42)32-39)41-21-12-18-38-30-37-17-6-10-23-46(37)57-45-22-9-5-16-36(45)29-34-15-4-7-19-40(34)50(38)41/h1-28,31-32H,29-30H2. The summed E-state index contributed by atoms with van der Waals surface area (Å²) in [6.07, 6.45) is 1.51. The van der Waals surface area contributed by atoms with Gasteiger partial charge in [-0.3, -0.25) is 0 Å². The molecular formula is C54H34N2O2S. The third-order valence-electron chi connectivity index (χ3n) is 11.7. The summed E-state index contributed by atoms with van der Waals surface area (Å²) < 4.78 is 15.6. The second-order valence-corrected chi connectivity index (χ2v) is 16.3. The van der Waals surface area contributed by atoms with Gasteiger partial charge in [-0.25, -0.2) is 9.97 Å². The fourth-order valence-corrected chi connectivity index (χ4v) is 9.97. The average molecular weight is 775 g/mol. The van der Waals surface area contributed by atoms with E-state index < -0.39 is 0 Å². The van der Waals surface area contributed by atoms with Crippen molar-refractivity contribution >= 4 is 53.6 Å². The quantitative estimate of drug-likeness (QED) is 0.179. The summed E-state index contributed by atoms with van der Waals surface area (Å²) in [7, 11) is 0. The van der Waals surface area contributed by atoms with Gasteiger partial charge in [-0.1, -0.05) is 140 Å². The fraction of sp³-hybridized carbons (Fsp3) is 0.0370. The number of hydrogen-bond acceptors (Lipinski definition) is 5. The summed E-state index contributed by atoms with van der Waals surface area (Å²) >= 11 is 1.81. The van der Waals surface area contributed by atoms with Gasteiger partial charge in [-0.15, -0.1) is 11.3 Å². The second-order valence-electron chi connectivity index (χ2n) is 15.2. The molecule has 0 radical (unpaired) electrons. The lowest BCUT2D eigenvalue weighted by Gasteiger charge is -2.19. The van der Waals surface area contributed by atoms with Crippen LogP contribution in [0.15, 0.2) is 186 Å². The average Bonchev–Trinajstić information content (AvgIpc) is 3.85. The van der Waals surface area contributed by atoms with Crippen molar-refractivity contribution in [1.29, 1.82) is 0 Å². The molecule has 0 saturated carbocycles. The van der Waals surface area contributed by atoms with Crippen molar-refractivity contribution in [2.45, 2.75) is 12.8 Å². The van der Waals surface area contributed by atoms with E-state index >= 15 is 0 Å². The van der Waals surface area contributed by atoms with Gasteiger partial charge in [0.2, 0.25) is 0 Å². The molecule has 0 N–H and O–H groups in total. The van der Waals surface area contributed by atoms with Gasteiger partial charge in [0.1, 0.15) is 28.3 Å². The van der Waals surface area contributed by atoms with Crippen LogP contribution in [0.1, 0.15) is 22.3 Å². The molecule has 0 fully saturated rings. The molecule has 0 atom stereocenters. The molecule has 59 heavy (non-hydrogen) atoms. The summed E-state index contributed by atoms with van der Waals surface area (Å²) in [6.45, 7) is 0. The number of rotatable bonds is 3. The Morgan fingerprint density at radius 1 is 0.441 bits per heavy atom. The molecule has 0 saturated heterocycles. The molecule has 1 aliphatic heterocycles. The normalized spacial score (nSPS) is 12.4. The predicted octanol–water partition coefficient (Wildman–Crippen LogP) is 14.7. The number of ether oxygens (including phenoxy) is 1. The predicted molar refractivity (Wildman–Crippen MR) is 243 cm³/mol. The van der Waals surface area contributed by atoms with Crippen LogP contribution in [0.5, 0.6) is 11.5 Å². The number of hydrogen-bond donors (Lipinski definition) is 0. The molecule has 8 aromatic carbocycles. The van der Waals surface area contributed by atoms with Crippen LogP contribution in [-0.2, 0) is 12.8 Å². The van der Waals surface area contributed by atoms with Crippen molar-refractivity contribution in [2.24, 2.45) is 0 Å². The van der Waals surface area contributed by atoms with Gasteiger partial charge in [-0.2, -0.15) is 0 Å². The fourth-order valence-electron chi connectivity index (χ4n) is 8.85. The zero-order chi connectivity index (χ0) is 38.9. The minimum absolute atomic E-state index is 0.683. The van der Waals surface area contributed by atoms with Crippen LogP contribution in [0.2, 0.25) is 0 Å². The van der Waals surface area contributed by atoms with Crippen LogP contribution in [0.3, 0.4) is 0 Å². The van der Waals surface area contributed by atoms with Gasteiger partial charge < -0.3 is 9.15 Å². The minimum Gasteiger partial charge on any atom is -0.457 e. The monoisotopic (exact) mass is 774 g/mol. The molecule has 0 aliphatic carbocycles. The van der Waals surface area contributed by atoms with Crippen LogP contribution in [0.4, 0.5) is 0 Å². The van der Waals surface area contributed by atoms with Crippen molar-refractivity contribution in [3.63, 3.8) is 0 Å². The van der Waals surface area contributed by atoms with Gasteiger partial charge in [0.15, 0.2) is 11.4 Å². The first kappa shape index (κ1) is 33.8. The molecule has 0 spiro atoms. The number of benzene rings is 8. The Morgan fingerprint density at radius 3 is 1.97 bits per heavy atom. The lowest BCUT2D eigenvalue weighted by atomic mass is 9.84. The first-order chi connectivity index (χ1) is 29.2. The number of aromatic nitrogens is 2. The molecule has 4 nitrogen and oxygen atoms in total. The van der Waals surface area contributed by atoms with E-state index in [-0.39, 0.29) is 0 Å². The molecule has 0 bridgehead atoms. The van der Waals surface area contributed by atoms with E-state index in [1.54, 1.807) is 0 Å². The molecule has 5 heteroatoms. The van der Waals surface area contributed by atoms with Gasteiger partial charge in [0, 0.05) is 49.5 Å². The van der Waals surface area contributed by atoms with Crippen molar-refractivity contribution in [2.75, 3.05) is 0 Å². The molecule has 11 aromatic rings. The van der Waals surface area contributed by atoms with E-state index in [1.807, 2.05) is 47.7 Å². The number of fused-ring (bicyclic) bond motifs is 11. The van der Waals surface area contributed by atoms with E-state index in [9.17, 15) is 0 Å². The highest BCUT2D eigenvalue weighted by Crippen LogP contribution is 2.45. The molecule has 0 unspecified atom stereocenters. The Kier molecular flexibility index (Phi) is 7.81. The summed E-state index contributed by atoms with van der Waals surface area (Å²) in [5.41, 5.74) is 14.9. The van der Waals surface area contributed by atoms with E-state index in [0.717, 1.165) is 63.2 Å². The molecular weight excluding hydrogens is 741 g/mol. The van der Waals surface area contributed by atoms with Gasteiger partial charge in [0.25, 0.3) is 0 Å². The maximum atomic E-state index is 6.69. The molecule has 0 amide bonds. The summed E-state index contributed by atoms with van der Waals surface area (Å²) in [5.74, 6) is 2.48. The van der Waals surface area contributed by atoms with Crippen LogP contribution >= 0.6 is 11.3 Å². The first-order valence-electron chi connectivity index (χ1n) is 20.0. The third-order valence-corrected chi connectivity index (χ3v) is 12.8. The van der Waals surface area contributed by atoms with Gasteiger partial charge in [-0.05, 0) is 87.0 Å². The lowest BCUT2D eigenvalue weighted by Crippen LogP contribution is -1.98. The molecule has 1 aliphatic rings. The highest BCUT2D eigenvalue weighted by atomic mass is 32.1. The van der Waals surface area contributed by atoms with Crippen LogP contribution < -0.4 is 4.74 Å². The zero-order valence-electron chi connectivity index (χ0n) is 31.9. The maximum absolute atomic E-state index is 6.69. The maximum Gasteiger partial charge on any atom is 0.180 e. The van der Waals surface area contributed by atoms with E-state index in [0.29, 0.717) is 11.4 Å². The van der Waals surface area contributed by atoms with Crippen molar-refractivity contribution in [3.05, 3.63) is 204 Å². The number of para-hydroxylation sites is 3. The smallest absolute Gasteiger partial charge is 0.180 e. The first-order valence-corrected chi connectivity index (χ1v) is 20.8. The minimum atomic E-state index is 0.683. The zero-order valence-corrected chi connectivity index (χ0v) is 32.7. The summed E-state index contributed by atoms with van der Waals surface area (Å²) in [4.78, 5) is 10.2. The topological polar surface area (TPSA) is 48.2 Å². The Balaban J connectivity index is 1.02. The lowest BCUT2D eigenvalue weighted by molar-refractivity contribution is 0.472. The van der Waals surface area contributed by atoms with Crippen molar-refractivity contribution in [3.8, 4) is 56.4 Å². The number of nitrogens with zero attached hydrogens (tertiary/aromatic N) is 2. The summed E-state index contributed by atoms with van der Waals surface area (Å²) in [6, 6.07) is 64.5. The van der Waals surface area contributed by atoms with Crippen molar-refractivity contribution in [1.82, 2.24) is 9.97 Å². The van der Waals surface area contributed by atoms with Gasteiger partial charge in [0.05, 0.1) is 0 Å². The summed E-state index contributed by atoms with van der Waals surface area (Å²) in [5, 5.41) is 3.45. The van der Waals surface area contributed by atoms with Crippen molar-refractivity contribution < 1.29 is 9.15 Å². The SMILES string of the molecule is c1ccc(-c2nc(-c3ccc4c(c3)sc3ccc(-c5cccc6c5-c5ccccc5Cc5ccccc5Oc5ccccc5C6)cc34)c3oc4ccccc4c3n2)cc1. The largest absolute Gasteiger partial charge is 0.457 e. The number of thiophene rings is 1. The molecule has 12 rings (SSSR count). The highest BCUT2D eigenvalue weighted by Gasteiger charge is 2.22. The van der Waals surface area contributed by atoms with Gasteiger partial charge >= 0.3 is 0 Å².